The molecule has 102 valence electrons. The van der Waals surface area contributed by atoms with E-state index < -0.39 is 0 Å². The van der Waals surface area contributed by atoms with Crippen LogP contribution in [0.15, 0.2) is 0 Å². The van der Waals surface area contributed by atoms with Crippen molar-refractivity contribution in [3.8, 4) is 0 Å². The summed E-state index contributed by atoms with van der Waals surface area (Å²) in [6, 6.07) is 0.753. The standard InChI is InChI=1S/C14H31N3/c1-4-7-14(13-15-6-3)17-11-9-16(8-5-2)10-12-17/h14-15H,4-13H2,1-3H3. The summed E-state index contributed by atoms with van der Waals surface area (Å²) in [5.41, 5.74) is 0. The number of likely N-dealkylation sites (N-methyl/N-ethyl adjacent to an activating group) is 1. The first-order chi connectivity index (χ1) is 8.31. The van der Waals surface area contributed by atoms with Gasteiger partial charge in [0.05, 0.1) is 0 Å². The van der Waals surface area contributed by atoms with Crippen LogP contribution in [0, 0.1) is 0 Å². The first kappa shape index (κ1) is 14.9. The van der Waals surface area contributed by atoms with Gasteiger partial charge in [-0.05, 0) is 25.9 Å². The zero-order valence-electron chi connectivity index (χ0n) is 12.0. The molecular weight excluding hydrogens is 210 g/mol. The highest BCUT2D eigenvalue weighted by Crippen LogP contribution is 2.11. The molecule has 0 saturated carbocycles. The van der Waals surface area contributed by atoms with Gasteiger partial charge in [-0.2, -0.15) is 0 Å². The van der Waals surface area contributed by atoms with Gasteiger partial charge in [0.15, 0.2) is 0 Å². The second-order valence-corrected chi connectivity index (χ2v) is 5.13. The van der Waals surface area contributed by atoms with Crippen LogP contribution in [0.2, 0.25) is 0 Å². The Bertz CT molecular complexity index is 176. The van der Waals surface area contributed by atoms with E-state index in [1.54, 1.807) is 0 Å². The summed E-state index contributed by atoms with van der Waals surface area (Å²) in [4.78, 5) is 5.30. The van der Waals surface area contributed by atoms with E-state index in [1.807, 2.05) is 0 Å². The molecule has 0 aromatic carbocycles. The summed E-state index contributed by atoms with van der Waals surface area (Å²) in [5, 5.41) is 3.51. The van der Waals surface area contributed by atoms with Crippen LogP contribution in [-0.4, -0.2) is 61.7 Å². The summed E-state index contributed by atoms with van der Waals surface area (Å²) in [6.45, 7) is 15.4. The lowest BCUT2D eigenvalue weighted by Crippen LogP contribution is -2.52. The van der Waals surface area contributed by atoms with Gasteiger partial charge in [0.1, 0.15) is 0 Å². The van der Waals surface area contributed by atoms with Gasteiger partial charge >= 0.3 is 0 Å². The van der Waals surface area contributed by atoms with Gasteiger partial charge in [0, 0.05) is 38.8 Å². The van der Waals surface area contributed by atoms with E-state index in [0.717, 1.165) is 19.1 Å². The summed E-state index contributed by atoms with van der Waals surface area (Å²) < 4.78 is 0. The van der Waals surface area contributed by atoms with Crippen molar-refractivity contribution in [2.45, 2.75) is 46.1 Å². The molecule has 0 radical (unpaired) electrons. The van der Waals surface area contributed by atoms with Crippen LogP contribution >= 0.6 is 0 Å². The Morgan fingerprint density at radius 2 is 1.71 bits per heavy atom. The molecule has 0 aromatic rings. The van der Waals surface area contributed by atoms with E-state index in [4.69, 9.17) is 0 Å². The molecule has 0 aliphatic carbocycles. The molecule has 0 bridgehead atoms. The van der Waals surface area contributed by atoms with Crippen LogP contribution in [0.4, 0.5) is 0 Å². The lowest BCUT2D eigenvalue weighted by Gasteiger charge is -2.39. The van der Waals surface area contributed by atoms with Gasteiger partial charge in [0.25, 0.3) is 0 Å². The minimum absolute atomic E-state index is 0.753. The third kappa shape index (κ3) is 5.36. The molecule has 3 nitrogen and oxygen atoms in total. The Morgan fingerprint density at radius 1 is 1.00 bits per heavy atom. The van der Waals surface area contributed by atoms with Gasteiger partial charge in [-0.1, -0.05) is 27.2 Å². The lowest BCUT2D eigenvalue weighted by molar-refractivity contribution is 0.0913. The van der Waals surface area contributed by atoms with Gasteiger partial charge in [-0.15, -0.1) is 0 Å². The summed E-state index contributed by atoms with van der Waals surface area (Å²) in [5.74, 6) is 0. The van der Waals surface area contributed by atoms with Gasteiger partial charge < -0.3 is 10.2 Å². The minimum atomic E-state index is 0.753. The van der Waals surface area contributed by atoms with Crippen LogP contribution in [-0.2, 0) is 0 Å². The van der Waals surface area contributed by atoms with E-state index in [-0.39, 0.29) is 0 Å². The Morgan fingerprint density at radius 3 is 2.24 bits per heavy atom. The fourth-order valence-corrected chi connectivity index (χ4v) is 2.73. The molecular formula is C14H31N3. The van der Waals surface area contributed by atoms with Crippen molar-refractivity contribution in [1.82, 2.24) is 15.1 Å². The van der Waals surface area contributed by atoms with E-state index >= 15 is 0 Å². The van der Waals surface area contributed by atoms with Gasteiger partial charge in [-0.3, -0.25) is 4.90 Å². The van der Waals surface area contributed by atoms with Gasteiger partial charge in [0.2, 0.25) is 0 Å². The fraction of sp³-hybridized carbons (Fsp3) is 1.00. The molecule has 1 atom stereocenters. The molecule has 0 amide bonds. The average molecular weight is 241 g/mol. The minimum Gasteiger partial charge on any atom is -0.315 e. The SMILES string of the molecule is CCCC(CNCC)N1CCN(CCC)CC1. The second-order valence-electron chi connectivity index (χ2n) is 5.13. The number of hydrogen-bond acceptors (Lipinski definition) is 3. The number of nitrogens with zero attached hydrogens (tertiary/aromatic N) is 2. The Kier molecular flexibility index (Phi) is 7.82. The van der Waals surface area contributed by atoms with Crippen molar-refractivity contribution in [1.29, 1.82) is 0 Å². The first-order valence-corrected chi connectivity index (χ1v) is 7.48. The highest BCUT2D eigenvalue weighted by Gasteiger charge is 2.22. The molecule has 17 heavy (non-hydrogen) atoms. The van der Waals surface area contributed by atoms with Crippen molar-refractivity contribution in [3.63, 3.8) is 0 Å². The zero-order valence-corrected chi connectivity index (χ0v) is 12.0. The lowest BCUT2D eigenvalue weighted by atomic mass is 10.1. The molecule has 1 heterocycles. The maximum absolute atomic E-state index is 3.51. The topological polar surface area (TPSA) is 18.5 Å². The largest absolute Gasteiger partial charge is 0.315 e. The van der Waals surface area contributed by atoms with Gasteiger partial charge in [-0.25, -0.2) is 0 Å². The van der Waals surface area contributed by atoms with Crippen molar-refractivity contribution in [2.24, 2.45) is 0 Å². The molecule has 1 fully saturated rings. The fourth-order valence-electron chi connectivity index (χ4n) is 2.73. The Balaban J connectivity index is 2.31. The van der Waals surface area contributed by atoms with E-state index in [0.29, 0.717) is 0 Å². The van der Waals surface area contributed by atoms with Crippen LogP contribution < -0.4 is 5.32 Å². The molecule has 1 rings (SSSR count). The predicted molar refractivity (Wildman–Crippen MR) is 75.5 cm³/mol. The molecule has 1 unspecified atom stereocenters. The maximum atomic E-state index is 3.51. The molecule has 1 aliphatic rings. The zero-order chi connectivity index (χ0) is 12.5. The summed E-state index contributed by atoms with van der Waals surface area (Å²) in [6.07, 6.45) is 3.92. The highest BCUT2D eigenvalue weighted by atomic mass is 15.3. The third-order valence-corrected chi connectivity index (χ3v) is 3.71. The van der Waals surface area contributed by atoms with Crippen molar-refractivity contribution < 1.29 is 0 Å². The van der Waals surface area contributed by atoms with Crippen LogP contribution in [0.25, 0.3) is 0 Å². The molecule has 1 N–H and O–H groups in total. The third-order valence-electron chi connectivity index (χ3n) is 3.71. The highest BCUT2D eigenvalue weighted by molar-refractivity contribution is 4.79. The van der Waals surface area contributed by atoms with Crippen molar-refractivity contribution in [2.75, 3.05) is 45.8 Å². The monoisotopic (exact) mass is 241 g/mol. The van der Waals surface area contributed by atoms with E-state index in [9.17, 15) is 0 Å². The average Bonchev–Trinajstić information content (AvgIpc) is 2.36. The Hall–Kier alpha value is -0.120. The summed E-state index contributed by atoms with van der Waals surface area (Å²) in [7, 11) is 0. The Labute approximate surface area is 108 Å². The van der Waals surface area contributed by atoms with Crippen LogP contribution in [0.5, 0.6) is 0 Å². The summed E-state index contributed by atoms with van der Waals surface area (Å²) >= 11 is 0. The smallest absolute Gasteiger partial charge is 0.0221 e. The molecule has 0 spiro atoms. The maximum Gasteiger partial charge on any atom is 0.0221 e. The molecule has 0 aromatic heterocycles. The number of hydrogen-bond donors (Lipinski definition) is 1. The second kappa shape index (κ2) is 8.90. The molecule has 1 aliphatic heterocycles. The normalized spacial score (nSPS) is 20.6. The first-order valence-electron chi connectivity index (χ1n) is 7.48. The van der Waals surface area contributed by atoms with Crippen LogP contribution in [0.1, 0.15) is 40.0 Å². The molecule has 1 saturated heterocycles. The van der Waals surface area contributed by atoms with E-state index in [1.165, 1.54) is 52.0 Å². The van der Waals surface area contributed by atoms with Crippen molar-refractivity contribution in [3.05, 3.63) is 0 Å². The predicted octanol–water partition coefficient (Wildman–Crippen LogP) is 1.79. The molecule has 3 heteroatoms. The number of piperazine rings is 1. The van der Waals surface area contributed by atoms with E-state index in [2.05, 4.69) is 35.9 Å². The number of nitrogens with one attached hydrogen (secondary N) is 1. The van der Waals surface area contributed by atoms with Crippen LogP contribution in [0.3, 0.4) is 0 Å². The van der Waals surface area contributed by atoms with Crippen molar-refractivity contribution >= 4 is 0 Å². The number of rotatable bonds is 8. The quantitative estimate of drug-likeness (QED) is 0.699.